The lowest BCUT2D eigenvalue weighted by Crippen LogP contribution is -2.01. The molecule has 0 saturated heterocycles. The normalized spacial score (nSPS) is 11.0. The van der Waals surface area contributed by atoms with Gasteiger partial charge < -0.3 is 5.73 Å². The molecular weight excluding hydrogens is 303 g/mol. The van der Waals surface area contributed by atoms with Crippen molar-refractivity contribution in [2.24, 2.45) is 0 Å². The van der Waals surface area contributed by atoms with Crippen LogP contribution in [0.4, 0.5) is 19.0 Å². The molecule has 2 N–H and O–H groups in total. The smallest absolute Gasteiger partial charge is 0.195 e. The van der Waals surface area contributed by atoms with Gasteiger partial charge in [0.2, 0.25) is 0 Å². The molecule has 21 heavy (non-hydrogen) atoms. The second kappa shape index (κ2) is 4.89. The van der Waals surface area contributed by atoms with Crippen LogP contribution in [0.25, 0.3) is 22.3 Å². The highest BCUT2D eigenvalue weighted by Crippen LogP contribution is 2.28. The Bertz CT molecular complexity index is 868. The van der Waals surface area contributed by atoms with E-state index < -0.39 is 17.5 Å². The molecule has 106 valence electrons. The molecule has 3 rings (SSSR count). The maximum Gasteiger partial charge on any atom is 0.195 e. The van der Waals surface area contributed by atoms with Gasteiger partial charge in [-0.1, -0.05) is 11.6 Å². The van der Waals surface area contributed by atoms with Crippen molar-refractivity contribution in [1.82, 2.24) is 9.97 Å². The van der Waals surface area contributed by atoms with Crippen LogP contribution in [0.1, 0.15) is 0 Å². The summed E-state index contributed by atoms with van der Waals surface area (Å²) in [5, 5.41) is 0.943. The molecule has 1 heterocycles. The third-order valence-electron chi connectivity index (χ3n) is 2.96. The van der Waals surface area contributed by atoms with Crippen molar-refractivity contribution >= 4 is 28.3 Å². The molecule has 0 fully saturated rings. The van der Waals surface area contributed by atoms with Gasteiger partial charge in [0.05, 0.1) is 11.1 Å². The van der Waals surface area contributed by atoms with E-state index in [-0.39, 0.29) is 17.2 Å². The number of nitrogens with two attached hydrogens (primary N) is 1. The fraction of sp³-hybridized carbons (Fsp3) is 0. The Morgan fingerprint density at radius 3 is 2.48 bits per heavy atom. The molecule has 0 saturated carbocycles. The highest BCUT2D eigenvalue weighted by molar-refractivity contribution is 6.31. The van der Waals surface area contributed by atoms with Crippen molar-refractivity contribution in [3.63, 3.8) is 0 Å². The van der Waals surface area contributed by atoms with E-state index in [1.165, 1.54) is 0 Å². The molecule has 0 atom stereocenters. The average molecular weight is 310 g/mol. The van der Waals surface area contributed by atoms with Crippen LogP contribution >= 0.6 is 11.6 Å². The summed E-state index contributed by atoms with van der Waals surface area (Å²) in [5.74, 6) is -4.27. The summed E-state index contributed by atoms with van der Waals surface area (Å²) in [7, 11) is 0. The van der Waals surface area contributed by atoms with E-state index in [0.29, 0.717) is 15.9 Å². The van der Waals surface area contributed by atoms with E-state index in [1.807, 2.05) is 0 Å². The third-order valence-corrected chi connectivity index (χ3v) is 3.20. The molecule has 0 aliphatic carbocycles. The van der Waals surface area contributed by atoms with Crippen LogP contribution in [0.3, 0.4) is 0 Å². The molecule has 0 bridgehead atoms. The SMILES string of the molecule is Nc1nc(-c2ccc(F)c(F)c2F)nc2ccc(Cl)cc12. The number of benzene rings is 2. The molecule has 3 nitrogen and oxygen atoms in total. The van der Waals surface area contributed by atoms with Crippen LogP contribution in [0, 0.1) is 17.5 Å². The Hall–Kier alpha value is -2.34. The summed E-state index contributed by atoms with van der Waals surface area (Å²) in [6.07, 6.45) is 0. The van der Waals surface area contributed by atoms with Crippen molar-refractivity contribution in [2.75, 3.05) is 5.73 Å². The molecule has 3 aromatic rings. The van der Waals surface area contributed by atoms with Crippen molar-refractivity contribution in [1.29, 1.82) is 0 Å². The average Bonchev–Trinajstić information content (AvgIpc) is 2.45. The quantitative estimate of drug-likeness (QED) is 0.692. The first-order valence-corrected chi connectivity index (χ1v) is 6.22. The first-order valence-electron chi connectivity index (χ1n) is 5.84. The zero-order valence-corrected chi connectivity index (χ0v) is 11.1. The van der Waals surface area contributed by atoms with Gasteiger partial charge in [-0.05, 0) is 30.3 Å². The summed E-state index contributed by atoms with van der Waals surface area (Å²) in [6, 6.07) is 6.60. The summed E-state index contributed by atoms with van der Waals surface area (Å²) >= 11 is 5.85. The van der Waals surface area contributed by atoms with Crippen LogP contribution in [-0.4, -0.2) is 9.97 Å². The molecule has 0 aliphatic heterocycles. The number of nitrogen functional groups attached to an aromatic ring is 1. The number of fused-ring (bicyclic) bond motifs is 1. The van der Waals surface area contributed by atoms with E-state index in [4.69, 9.17) is 17.3 Å². The van der Waals surface area contributed by atoms with Gasteiger partial charge in [0, 0.05) is 10.4 Å². The summed E-state index contributed by atoms with van der Waals surface area (Å²) in [5.41, 5.74) is 5.94. The topological polar surface area (TPSA) is 51.8 Å². The summed E-state index contributed by atoms with van der Waals surface area (Å²) in [4.78, 5) is 8.02. The van der Waals surface area contributed by atoms with Gasteiger partial charge in [-0.3, -0.25) is 0 Å². The Morgan fingerprint density at radius 2 is 1.71 bits per heavy atom. The molecule has 2 aromatic carbocycles. The lowest BCUT2D eigenvalue weighted by atomic mass is 10.1. The molecule has 0 unspecified atom stereocenters. The summed E-state index contributed by atoms with van der Waals surface area (Å²) < 4.78 is 40.0. The van der Waals surface area contributed by atoms with Crippen LogP contribution < -0.4 is 5.73 Å². The lowest BCUT2D eigenvalue weighted by Gasteiger charge is -2.07. The van der Waals surface area contributed by atoms with Crippen LogP contribution in [0.2, 0.25) is 5.02 Å². The first kappa shape index (κ1) is 13.6. The first-order chi connectivity index (χ1) is 9.97. The van der Waals surface area contributed by atoms with Crippen molar-refractivity contribution in [3.05, 3.63) is 52.8 Å². The van der Waals surface area contributed by atoms with Gasteiger partial charge >= 0.3 is 0 Å². The Labute approximate surface area is 122 Å². The predicted molar refractivity (Wildman–Crippen MR) is 74.3 cm³/mol. The van der Waals surface area contributed by atoms with Crippen molar-refractivity contribution in [3.8, 4) is 11.4 Å². The molecule has 0 spiro atoms. The number of aromatic nitrogens is 2. The van der Waals surface area contributed by atoms with Gasteiger partial charge in [0.25, 0.3) is 0 Å². The minimum atomic E-state index is -1.58. The van der Waals surface area contributed by atoms with Gasteiger partial charge in [-0.25, -0.2) is 23.1 Å². The minimum Gasteiger partial charge on any atom is -0.383 e. The number of rotatable bonds is 1. The van der Waals surface area contributed by atoms with E-state index in [2.05, 4.69) is 9.97 Å². The second-order valence-corrected chi connectivity index (χ2v) is 4.75. The number of hydrogen-bond acceptors (Lipinski definition) is 3. The highest BCUT2D eigenvalue weighted by Gasteiger charge is 2.17. The third kappa shape index (κ3) is 2.27. The van der Waals surface area contributed by atoms with E-state index in [1.54, 1.807) is 18.2 Å². The molecule has 1 aromatic heterocycles. The highest BCUT2D eigenvalue weighted by atomic mass is 35.5. The van der Waals surface area contributed by atoms with Crippen LogP contribution in [-0.2, 0) is 0 Å². The second-order valence-electron chi connectivity index (χ2n) is 4.32. The van der Waals surface area contributed by atoms with E-state index in [0.717, 1.165) is 12.1 Å². The Balaban J connectivity index is 2.27. The molecule has 0 radical (unpaired) electrons. The zero-order valence-electron chi connectivity index (χ0n) is 10.4. The predicted octanol–water partition coefficient (Wildman–Crippen LogP) is 3.95. The van der Waals surface area contributed by atoms with Gasteiger partial charge in [-0.15, -0.1) is 0 Å². The maximum absolute atomic E-state index is 13.8. The Kier molecular flexibility index (Phi) is 3.17. The van der Waals surface area contributed by atoms with E-state index in [9.17, 15) is 13.2 Å². The van der Waals surface area contributed by atoms with Crippen molar-refractivity contribution in [2.45, 2.75) is 0 Å². The zero-order chi connectivity index (χ0) is 15.1. The van der Waals surface area contributed by atoms with E-state index >= 15 is 0 Å². The van der Waals surface area contributed by atoms with Gasteiger partial charge in [0.1, 0.15) is 5.82 Å². The van der Waals surface area contributed by atoms with Crippen molar-refractivity contribution < 1.29 is 13.2 Å². The summed E-state index contributed by atoms with van der Waals surface area (Å²) in [6.45, 7) is 0. The van der Waals surface area contributed by atoms with Crippen LogP contribution in [0.15, 0.2) is 30.3 Å². The number of hydrogen-bond donors (Lipinski definition) is 1. The molecule has 7 heteroatoms. The van der Waals surface area contributed by atoms with Gasteiger partial charge in [0.15, 0.2) is 23.3 Å². The van der Waals surface area contributed by atoms with Gasteiger partial charge in [-0.2, -0.15) is 0 Å². The lowest BCUT2D eigenvalue weighted by molar-refractivity contribution is 0.448. The minimum absolute atomic E-state index is 0.0710. The fourth-order valence-corrected chi connectivity index (χ4v) is 2.12. The standard InChI is InChI=1S/C14H7ClF3N3/c15-6-1-4-10-8(5-6)13(19)21-14(20-10)7-2-3-9(16)12(18)11(7)17/h1-5H,(H2,19,20,21). The molecular formula is C14H7ClF3N3. The fourth-order valence-electron chi connectivity index (χ4n) is 1.94. The molecule has 0 aliphatic rings. The molecule has 0 amide bonds. The maximum atomic E-state index is 13.8. The number of halogens is 4. The number of nitrogens with zero attached hydrogens (tertiary/aromatic N) is 2. The monoisotopic (exact) mass is 309 g/mol. The number of anilines is 1. The largest absolute Gasteiger partial charge is 0.383 e. The Morgan fingerprint density at radius 1 is 0.952 bits per heavy atom. The van der Waals surface area contributed by atoms with Crippen LogP contribution in [0.5, 0.6) is 0 Å².